The number of nitrogens with zero attached hydrogens (tertiary/aromatic N) is 3. The first kappa shape index (κ1) is 12.6. The summed E-state index contributed by atoms with van der Waals surface area (Å²) in [5.74, 6) is 0. The Hall–Kier alpha value is -2.85. The third-order valence-corrected chi connectivity index (χ3v) is 2.75. The van der Waals surface area contributed by atoms with Gasteiger partial charge in [-0.25, -0.2) is 0 Å². The number of anilines is 1. The molecule has 92 valence electrons. The molecule has 0 unspecified atom stereocenters. The van der Waals surface area contributed by atoms with E-state index in [0.717, 1.165) is 18.7 Å². The summed E-state index contributed by atoms with van der Waals surface area (Å²) < 4.78 is 0. The van der Waals surface area contributed by atoms with Crippen LogP contribution in [0, 0.1) is 22.7 Å². The van der Waals surface area contributed by atoms with Crippen molar-refractivity contribution in [3.63, 3.8) is 0 Å². The number of nitrogens with one attached hydrogen (secondary N) is 1. The summed E-state index contributed by atoms with van der Waals surface area (Å²) in [7, 11) is 0. The number of hydrogen-bond acceptors (Lipinski definition) is 4. The molecule has 1 N–H and O–H groups in total. The molecular weight excluding hydrogens is 236 g/mol. The summed E-state index contributed by atoms with van der Waals surface area (Å²) in [6, 6.07) is 13.1. The zero-order valence-corrected chi connectivity index (χ0v) is 10.3. The van der Waals surface area contributed by atoms with E-state index in [-0.39, 0.29) is 0 Å². The maximum atomic E-state index is 8.94. The van der Waals surface area contributed by atoms with Crippen LogP contribution in [0.4, 0.5) is 5.69 Å². The van der Waals surface area contributed by atoms with Gasteiger partial charge in [-0.3, -0.25) is 4.98 Å². The molecule has 4 nitrogen and oxygen atoms in total. The lowest BCUT2D eigenvalue weighted by Gasteiger charge is -2.07. The first-order valence-corrected chi connectivity index (χ1v) is 5.90. The number of benzene rings is 1. The molecular formula is C15H12N4. The largest absolute Gasteiger partial charge is 0.385 e. The maximum Gasteiger partial charge on any atom is 0.101 e. The van der Waals surface area contributed by atoms with Crippen molar-refractivity contribution in [1.82, 2.24) is 4.98 Å². The molecule has 0 aliphatic heterocycles. The molecule has 0 amide bonds. The van der Waals surface area contributed by atoms with E-state index >= 15 is 0 Å². The monoisotopic (exact) mass is 248 g/mol. The van der Waals surface area contributed by atoms with E-state index in [9.17, 15) is 0 Å². The van der Waals surface area contributed by atoms with Crippen molar-refractivity contribution in [2.75, 3.05) is 11.9 Å². The summed E-state index contributed by atoms with van der Waals surface area (Å²) in [6.07, 6.45) is 4.42. The van der Waals surface area contributed by atoms with Gasteiger partial charge in [0.25, 0.3) is 0 Å². The molecule has 1 aromatic carbocycles. The topological polar surface area (TPSA) is 72.5 Å². The Balaban J connectivity index is 1.98. The van der Waals surface area contributed by atoms with Gasteiger partial charge in [0.1, 0.15) is 12.1 Å². The summed E-state index contributed by atoms with van der Waals surface area (Å²) in [6.45, 7) is 0.765. The number of aromatic nitrogens is 1. The van der Waals surface area contributed by atoms with Crippen LogP contribution in [0.2, 0.25) is 0 Å². The highest BCUT2D eigenvalue weighted by atomic mass is 14.9. The smallest absolute Gasteiger partial charge is 0.101 e. The fourth-order valence-corrected chi connectivity index (χ4v) is 1.74. The van der Waals surface area contributed by atoms with Crippen LogP contribution < -0.4 is 5.32 Å². The fourth-order valence-electron chi connectivity index (χ4n) is 1.74. The minimum Gasteiger partial charge on any atom is -0.385 e. The van der Waals surface area contributed by atoms with E-state index in [1.54, 1.807) is 24.5 Å². The normalized spacial score (nSPS) is 9.37. The van der Waals surface area contributed by atoms with Gasteiger partial charge < -0.3 is 5.32 Å². The minimum absolute atomic E-state index is 0.399. The minimum atomic E-state index is 0.399. The molecule has 0 radical (unpaired) electrons. The third-order valence-electron chi connectivity index (χ3n) is 2.75. The Bertz CT molecular complexity index is 635. The molecule has 2 rings (SSSR count). The van der Waals surface area contributed by atoms with Crippen LogP contribution in [0.15, 0.2) is 42.7 Å². The molecule has 0 saturated carbocycles. The highest BCUT2D eigenvalue weighted by Gasteiger charge is 2.02. The Morgan fingerprint density at radius 1 is 1.00 bits per heavy atom. The Morgan fingerprint density at radius 3 is 2.42 bits per heavy atom. The van der Waals surface area contributed by atoms with Crippen molar-refractivity contribution in [2.45, 2.75) is 6.42 Å². The standard InChI is InChI=1S/C15H12N4/c16-10-13-1-2-15(9-14(13)11-17)19-8-5-12-3-6-18-7-4-12/h1-4,6-7,9,19H,5,8H2. The Morgan fingerprint density at radius 2 is 1.74 bits per heavy atom. The quantitative estimate of drug-likeness (QED) is 0.902. The van der Waals surface area contributed by atoms with Gasteiger partial charge in [-0.05, 0) is 42.3 Å². The van der Waals surface area contributed by atoms with Crippen molar-refractivity contribution >= 4 is 5.69 Å². The van der Waals surface area contributed by atoms with Gasteiger partial charge >= 0.3 is 0 Å². The van der Waals surface area contributed by atoms with Crippen LogP contribution in [0.1, 0.15) is 16.7 Å². The zero-order chi connectivity index (χ0) is 13.5. The summed E-state index contributed by atoms with van der Waals surface area (Å²) in [4.78, 5) is 3.97. The molecule has 0 atom stereocenters. The van der Waals surface area contributed by atoms with Crippen molar-refractivity contribution in [3.8, 4) is 12.1 Å². The number of pyridine rings is 1. The molecule has 1 aromatic heterocycles. The van der Waals surface area contributed by atoms with Crippen molar-refractivity contribution < 1.29 is 0 Å². The van der Waals surface area contributed by atoms with Crippen molar-refractivity contribution in [1.29, 1.82) is 10.5 Å². The predicted octanol–water partition coefficient (Wildman–Crippen LogP) is 2.48. The summed E-state index contributed by atoms with van der Waals surface area (Å²) in [5, 5.41) is 21.0. The zero-order valence-electron chi connectivity index (χ0n) is 10.3. The molecule has 4 heteroatoms. The highest BCUT2D eigenvalue weighted by molar-refractivity contribution is 5.56. The van der Waals surface area contributed by atoms with E-state index in [1.807, 2.05) is 30.3 Å². The first-order chi connectivity index (χ1) is 9.33. The van der Waals surface area contributed by atoms with E-state index in [0.29, 0.717) is 11.1 Å². The predicted molar refractivity (Wildman–Crippen MR) is 72.3 cm³/mol. The second kappa shape index (κ2) is 6.18. The van der Waals surface area contributed by atoms with Crippen LogP contribution in [-0.4, -0.2) is 11.5 Å². The average Bonchev–Trinajstić information content (AvgIpc) is 2.48. The summed E-state index contributed by atoms with van der Waals surface area (Å²) in [5.41, 5.74) is 2.86. The van der Waals surface area contributed by atoms with Crippen LogP contribution in [0.5, 0.6) is 0 Å². The highest BCUT2D eigenvalue weighted by Crippen LogP contribution is 2.14. The Kier molecular flexibility index (Phi) is 4.10. The maximum absolute atomic E-state index is 8.94. The third kappa shape index (κ3) is 3.31. The van der Waals surface area contributed by atoms with Gasteiger partial charge in [0, 0.05) is 24.6 Å². The van der Waals surface area contributed by atoms with E-state index in [2.05, 4.69) is 10.3 Å². The van der Waals surface area contributed by atoms with E-state index < -0.39 is 0 Å². The number of nitriles is 2. The first-order valence-electron chi connectivity index (χ1n) is 5.90. The van der Waals surface area contributed by atoms with Crippen LogP contribution in [0.25, 0.3) is 0 Å². The van der Waals surface area contributed by atoms with Crippen molar-refractivity contribution in [2.24, 2.45) is 0 Å². The number of rotatable bonds is 4. The lowest BCUT2D eigenvalue weighted by molar-refractivity contribution is 1.01. The van der Waals surface area contributed by atoms with Gasteiger partial charge in [-0.2, -0.15) is 10.5 Å². The van der Waals surface area contributed by atoms with Crippen LogP contribution >= 0.6 is 0 Å². The van der Waals surface area contributed by atoms with Gasteiger partial charge in [0.05, 0.1) is 11.1 Å². The van der Waals surface area contributed by atoms with Gasteiger partial charge in [-0.1, -0.05) is 0 Å². The Labute approximate surface area is 112 Å². The molecule has 0 aliphatic carbocycles. The summed E-state index contributed by atoms with van der Waals surface area (Å²) >= 11 is 0. The molecule has 0 fully saturated rings. The molecule has 0 saturated heterocycles. The molecule has 0 bridgehead atoms. The molecule has 0 spiro atoms. The SMILES string of the molecule is N#Cc1ccc(NCCc2ccncc2)cc1C#N. The molecule has 2 aromatic rings. The second-order valence-corrected chi connectivity index (χ2v) is 4.02. The lowest BCUT2D eigenvalue weighted by Crippen LogP contribution is -2.05. The fraction of sp³-hybridized carbons (Fsp3) is 0.133. The molecule has 19 heavy (non-hydrogen) atoms. The van der Waals surface area contributed by atoms with E-state index in [1.165, 1.54) is 5.56 Å². The van der Waals surface area contributed by atoms with Crippen LogP contribution in [-0.2, 0) is 6.42 Å². The lowest BCUT2D eigenvalue weighted by atomic mass is 10.1. The molecule has 0 aliphatic rings. The molecule has 1 heterocycles. The van der Waals surface area contributed by atoms with Crippen LogP contribution in [0.3, 0.4) is 0 Å². The average molecular weight is 248 g/mol. The second-order valence-electron chi connectivity index (χ2n) is 4.02. The van der Waals surface area contributed by atoms with E-state index in [4.69, 9.17) is 10.5 Å². The van der Waals surface area contributed by atoms with Gasteiger partial charge in [0.15, 0.2) is 0 Å². The van der Waals surface area contributed by atoms with Gasteiger partial charge in [0.2, 0.25) is 0 Å². The number of hydrogen-bond donors (Lipinski definition) is 1. The van der Waals surface area contributed by atoms with Gasteiger partial charge in [-0.15, -0.1) is 0 Å². The van der Waals surface area contributed by atoms with Crippen molar-refractivity contribution in [3.05, 3.63) is 59.4 Å².